The van der Waals surface area contributed by atoms with E-state index in [4.69, 9.17) is 9.72 Å². The zero-order chi connectivity index (χ0) is 14.9. The van der Waals surface area contributed by atoms with Crippen molar-refractivity contribution < 1.29 is 4.74 Å². The summed E-state index contributed by atoms with van der Waals surface area (Å²) in [5.41, 5.74) is 2.72. The lowest BCUT2D eigenvalue weighted by Crippen LogP contribution is -2.35. The van der Waals surface area contributed by atoms with Crippen LogP contribution in [0.3, 0.4) is 0 Å². The molecule has 1 aromatic heterocycles. The lowest BCUT2D eigenvalue weighted by atomic mass is 9.74. The number of benzene rings is 1. The molecule has 112 valence electrons. The van der Waals surface area contributed by atoms with Gasteiger partial charge in [-0.05, 0) is 18.4 Å². The Morgan fingerprint density at radius 1 is 1.10 bits per heavy atom. The Balaban J connectivity index is 2.06. The second-order valence-electron chi connectivity index (χ2n) is 6.85. The van der Waals surface area contributed by atoms with Crippen LogP contribution in [0.2, 0.25) is 0 Å². The Bertz CT molecular complexity index is 591. The van der Waals surface area contributed by atoms with Crippen molar-refractivity contribution in [1.82, 2.24) is 4.98 Å². The highest BCUT2D eigenvalue weighted by Crippen LogP contribution is 2.43. The first kappa shape index (κ1) is 14.7. The van der Waals surface area contributed by atoms with E-state index in [2.05, 4.69) is 56.5 Å². The average Bonchev–Trinajstić information content (AvgIpc) is 2.99. The molecule has 3 rings (SSSR count). The molecule has 1 aromatic carbocycles. The summed E-state index contributed by atoms with van der Waals surface area (Å²) in [6, 6.07) is 10.8. The summed E-state index contributed by atoms with van der Waals surface area (Å²) < 4.78 is 5.62. The molecule has 0 atom stereocenters. The number of rotatable bonds is 2. The minimum absolute atomic E-state index is 0.0354. The van der Waals surface area contributed by atoms with Crippen LogP contribution in [0.5, 0.6) is 0 Å². The van der Waals surface area contributed by atoms with Gasteiger partial charge < -0.3 is 4.74 Å². The molecule has 0 amide bonds. The van der Waals surface area contributed by atoms with Crippen molar-refractivity contribution in [2.75, 3.05) is 13.2 Å². The number of hydrogen-bond acceptors (Lipinski definition) is 3. The van der Waals surface area contributed by atoms with E-state index in [0.717, 1.165) is 26.1 Å². The molecule has 2 aromatic rings. The van der Waals surface area contributed by atoms with E-state index >= 15 is 0 Å². The molecule has 0 aliphatic carbocycles. The van der Waals surface area contributed by atoms with Crippen LogP contribution < -0.4 is 0 Å². The van der Waals surface area contributed by atoms with Crippen LogP contribution in [0.4, 0.5) is 0 Å². The zero-order valence-corrected chi connectivity index (χ0v) is 13.9. The smallest absolute Gasteiger partial charge is 0.104 e. The molecular weight excluding hydrogens is 278 g/mol. The maximum Gasteiger partial charge on any atom is 0.104 e. The summed E-state index contributed by atoms with van der Waals surface area (Å²) in [5, 5.41) is 3.48. The summed E-state index contributed by atoms with van der Waals surface area (Å²) in [6.07, 6.45) is 2.04. The standard InChI is InChI=1S/C18H23NOS/c1-17(2,3)15-13-21-16(19-15)18(9-11-20-12-10-18)14-7-5-4-6-8-14/h4-8,13H,9-12H2,1-3H3. The Morgan fingerprint density at radius 2 is 1.76 bits per heavy atom. The molecule has 0 bridgehead atoms. The zero-order valence-electron chi connectivity index (χ0n) is 13.1. The highest BCUT2D eigenvalue weighted by molar-refractivity contribution is 7.09. The predicted octanol–water partition coefficient (Wildman–Crippen LogP) is 4.54. The van der Waals surface area contributed by atoms with Crippen molar-refractivity contribution in [2.45, 2.75) is 44.4 Å². The Hall–Kier alpha value is -1.19. The van der Waals surface area contributed by atoms with Crippen LogP contribution in [-0.4, -0.2) is 18.2 Å². The van der Waals surface area contributed by atoms with Crippen molar-refractivity contribution in [3.8, 4) is 0 Å². The van der Waals surface area contributed by atoms with Crippen LogP contribution in [0.25, 0.3) is 0 Å². The highest BCUT2D eigenvalue weighted by atomic mass is 32.1. The van der Waals surface area contributed by atoms with Gasteiger partial charge in [0.1, 0.15) is 5.01 Å². The minimum atomic E-state index is 0.0354. The number of hydrogen-bond donors (Lipinski definition) is 0. The lowest BCUT2D eigenvalue weighted by Gasteiger charge is -2.36. The van der Waals surface area contributed by atoms with Gasteiger partial charge >= 0.3 is 0 Å². The number of ether oxygens (including phenoxy) is 1. The Labute approximate surface area is 131 Å². The van der Waals surface area contributed by atoms with Crippen molar-refractivity contribution in [1.29, 1.82) is 0 Å². The first-order valence-corrected chi connectivity index (χ1v) is 8.50. The third kappa shape index (κ3) is 2.77. The SMILES string of the molecule is CC(C)(C)c1csc(C2(c3ccccc3)CCOCC2)n1. The largest absolute Gasteiger partial charge is 0.381 e. The summed E-state index contributed by atoms with van der Waals surface area (Å²) in [6.45, 7) is 8.32. The van der Waals surface area contributed by atoms with Gasteiger partial charge in [-0.15, -0.1) is 11.3 Å². The second-order valence-corrected chi connectivity index (χ2v) is 7.71. The molecule has 1 fully saturated rings. The molecule has 0 unspecified atom stereocenters. The molecular formula is C18H23NOS. The van der Waals surface area contributed by atoms with Crippen molar-refractivity contribution in [3.05, 3.63) is 52.0 Å². The van der Waals surface area contributed by atoms with E-state index in [9.17, 15) is 0 Å². The molecule has 0 saturated carbocycles. The van der Waals surface area contributed by atoms with Crippen molar-refractivity contribution in [2.24, 2.45) is 0 Å². The highest BCUT2D eigenvalue weighted by Gasteiger charge is 2.39. The van der Waals surface area contributed by atoms with Crippen molar-refractivity contribution in [3.63, 3.8) is 0 Å². The third-order valence-corrected chi connectivity index (χ3v) is 5.40. The van der Waals surface area contributed by atoms with Crippen LogP contribution >= 0.6 is 11.3 Å². The topological polar surface area (TPSA) is 22.1 Å². The second kappa shape index (κ2) is 5.54. The van der Waals surface area contributed by atoms with E-state index in [1.807, 2.05) is 11.3 Å². The molecule has 2 heterocycles. The summed E-state index contributed by atoms with van der Waals surface area (Å²) in [5.74, 6) is 0. The van der Waals surface area contributed by atoms with E-state index < -0.39 is 0 Å². The average molecular weight is 301 g/mol. The van der Waals surface area contributed by atoms with Gasteiger partial charge in [0, 0.05) is 24.0 Å². The van der Waals surface area contributed by atoms with Gasteiger partial charge in [0.2, 0.25) is 0 Å². The lowest BCUT2D eigenvalue weighted by molar-refractivity contribution is 0.0629. The molecule has 0 N–H and O–H groups in total. The van der Waals surface area contributed by atoms with Gasteiger partial charge in [0.15, 0.2) is 0 Å². The van der Waals surface area contributed by atoms with Gasteiger partial charge in [0.05, 0.1) is 11.1 Å². The van der Waals surface area contributed by atoms with Crippen molar-refractivity contribution >= 4 is 11.3 Å². The van der Waals surface area contributed by atoms with Gasteiger partial charge in [-0.1, -0.05) is 51.1 Å². The molecule has 3 heteroatoms. The van der Waals surface area contributed by atoms with Gasteiger partial charge in [-0.3, -0.25) is 0 Å². The van der Waals surface area contributed by atoms with Crippen LogP contribution in [0, 0.1) is 0 Å². The van der Waals surface area contributed by atoms with E-state index in [0.29, 0.717) is 0 Å². The summed E-state index contributed by atoms with van der Waals surface area (Å²) in [4.78, 5) is 5.02. The van der Waals surface area contributed by atoms with Crippen LogP contribution in [0.1, 0.15) is 49.9 Å². The van der Waals surface area contributed by atoms with Gasteiger partial charge in [0.25, 0.3) is 0 Å². The number of thiazole rings is 1. The number of aromatic nitrogens is 1. The molecule has 1 saturated heterocycles. The molecule has 0 spiro atoms. The molecule has 0 radical (unpaired) electrons. The summed E-state index contributed by atoms with van der Waals surface area (Å²) >= 11 is 1.81. The number of nitrogens with zero attached hydrogens (tertiary/aromatic N) is 1. The molecule has 2 nitrogen and oxygen atoms in total. The maximum absolute atomic E-state index is 5.62. The van der Waals surface area contributed by atoms with E-state index in [1.54, 1.807) is 0 Å². The first-order valence-electron chi connectivity index (χ1n) is 7.62. The Morgan fingerprint density at radius 3 is 2.33 bits per heavy atom. The van der Waals surface area contributed by atoms with Crippen LogP contribution in [-0.2, 0) is 15.6 Å². The Kier molecular flexibility index (Phi) is 3.89. The van der Waals surface area contributed by atoms with E-state index in [-0.39, 0.29) is 10.8 Å². The minimum Gasteiger partial charge on any atom is -0.381 e. The van der Waals surface area contributed by atoms with Gasteiger partial charge in [-0.2, -0.15) is 0 Å². The predicted molar refractivity (Wildman–Crippen MR) is 88.1 cm³/mol. The fraction of sp³-hybridized carbons (Fsp3) is 0.500. The monoisotopic (exact) mass is 301 g/mol. The maximum atomic E-state index is 5.62. The molecule has 1 aliphatic heterocycles. The third-order valence-electron chi connectivity index (χ3n) is 4.35. The molecule has 1 aliphatic rings. The fourth-order valence-electron chi connectivity index (χ4n) is 2.94. The molecule has 21 heavy (non-hydrogen) atoms. The normalized spacial score (nSPS) is 18.6. The fourth-order valence-corrected chi connectivity index (χ4v) is 4.27. The first-order chi connectivity index (χ1) is 10.0. The summed E-state index contributed by atoms with van der Waals surface area (Å²) in [7, 11) is 0. The quantitative estimate of drug-likeness (QED) is 0.812. The van der Waals surface area contributed by atoms with Crippen LogP contribution in [0.15, 0.2) is 35.7 Å². The van der Waals surface area contributed by atoms with E-state index in [1.165, 1.54) is 16.3 Å². The van der Waals surface area contributed by atoms with Gasteiger partial charge in [-0.25, -0.2) is 4.98 Å².